The average molecular weight is 637 g/mol. The normalized spacial score (nSPS) is 17.3. The van der Waals surface area contributed by atoms with Crippen LogP contribution in [0.4, 0.5) is 5.13 Å². The van der Waals surface area contributed by atoms with E-state index in [0.717, 1.165) is 11.3 Å². The van der Waals surface area contributed by atoms with Crippen LogP contribution in [0.1, 0.15) is 36.8 Å². The first kappa shape index (κ1) is 30.9. The van der Waals surface area contributed by atoms with E-state index in [0.29, 0.717) is 10.9 Å². The Labute approximate surface area is 246 Å². The minimum atomic E-state index is -4.83. The molecule has 0 saturated carbocycles. The van der Waals surface area contributed by atoms with Gasteiger partial charge in [0.1, 0.15) is 11.7 Å². The second-order valence-electron chi connectivity index (χ2n) is 9.58. The number of aromatic nitrogens is 2. The molecule has 3 aromatic rings. The molecule has 20 heteroatoms. The number of oxime groups is 1. The lowest BCUT2D eigenvalue weighted by Crippen LogP contribution is -2.71. The summed E-state index contributed by atoms with van der Waals surface area (Å²) in [5.41, 5.74) is 7.87. The van der Waals surface area contributed by atoms with Crippen LogP contribution in [0.2, 0.25) is 0 Å². The summed E-state index contributed by atoms with van der Waals surface area (Å²) in [6.07, 6.45) is 1.18. The number of nitrogens with two attached hydrogens (primary N) is 1. The molecule has 1 fully saturated rings. The number of pyridine rings is 1. The number of phenolic OH excluding ortho intramolecular Hbond substituents is 2. The van der Waals surface area contributed by atoms with E-state index in [1.165, 1.54) is 50.5 Å². The van der Waals surface area contributed by atoms with Crippen LogP contribution in [-0.2, 0) is 29.5 Å². The fraction of sp³-hybridized carbons (Fsp3) is 0.261. The second-order valence-corrected chi connectivity index (χ2v) is 11.8. The number of anilines is 1. The van der Waals surface area contributed by atoms with Gasteiger partial charge in [0.05, 0.1) is 17.1 Å². The SMILES string of the molecule is CC1[C@H](NC(=O)/C(=N/OC(C)(C)C(=O)NNC(=O)c2cnc3cc(O)c(O)cc3c2)c2csc(N)n2)C(=O)N1S(=O)(=O)O. The number of carbonyl (C=O) groups is 4. The number of amides is 4. The molecule has 8 N–H and O–H groups in total. The Kier molecular flexibility index (Phi) is 8.11. The van der Waals surface area contributed by atoms with E-state index in [1.807, 2.05) is 0 Å². The third kappa shape index (κ3) is 6.39. The Morgan fingerprint density at radius 3 is 2.44 bits per heavy atom. The Morgan fingerprint density at radius 2 is 1.84 bits per heavy atom. The summed E-state index contributed by atoms with van der Waals surface area (Å²) in [7, 11) is -4.83. The summed E-state index contributed by atoms with van der Waals surface area (Å²) in [6.45, 7) is 3.80. The summed E-state index contributed by atoms with van der Waals surface area (Å²) < 4.78 is 32.1. The zero-order valence-electron chi connectivity index (χ0n) is 22.4. The number of hydrogen-bond acceptors (Lipinski definition) is 14. The van der Waals surface area contributed by atoms with E-state index in [4.69, 9.17) is 15.1 Å². The van der Waals surface area contributed by atoms with Gasteiger partial charge in [0.15, 0.2) is 22.3 Å². The minimum Gasteiger partial charge on any atom is -0.504 e. The van der Waals surface area contributed by atoms with Crippen molar-refractivity contribution < 1.29 is 47.2 Å². The van der Waals surface area contributed by atoms with Crippen molar-refractivity contribution >= 4 is 67.0 Å². The highest BCUT2D eigenvalue weighted by molar-refractivity contribution is 7.84. The van der Waals surface area contributed by atoms with Crippen LogP contribution in [0.25, 0.3) is 10.9 Å². The highest BCUT2D eigenvalue weighted by Crippen LogP contribution is 2.29. The standard InChI is InChI=1S/C23H24N8O10S2/c1-9-16(20(36)31(9)43(38,39)40)27-19(35)17(13-8-42-22(24)26-13)30-41-23(2,3)21(37)29-28-18(34)11-4-10-5-14(32)15(33)6-12(10)25-7-11/h4-9,16,32-33H,1-3H3,(H2,24,26)(H,27,35)(H,28,34)(H,29,37)(H,38,39,40)/b30-17+/t9?,16-/m0/s1. The lowest BCUT2D eigenvalue weighted by atomic mass is 10.0. The van der Waals surface area contributed by atoms with Gasteiger partial charge >= 0.3 is 10.3 Å². The molecule has 4 amide bonds. The fourth-order valence-electron chi connectivity index (χ4n) is 3.73. The molecule has 1 saturated heterocycles. The number of hydrazine groups is 1. The lowest BCUT2D eigenvalue weighted by Gasteiger charge is -2.42. The van der Waals surface area contributed by atoms with Crippen LogP contribution in [0.5, 0.6) is 11.5 Å². The van der Waals surface area contributed by atoms with Crippen molar-refractivity contribution in [2.24, 2.45) is 5.16 Å². The van der Waals surface area contributed by atoms with Crippen molar-refractivity contribution in [3.63, 3.8) is 0 Å². The molecule has 228 valence electrons. The van der Waals surface area contributed by atoms with Crippen molar-refractivity contribution in [1.82, 2.24) is 30.4 Å². The Hall–Kier alpha value is -5.08. The van der Waals surface area contributed by atoms with Gasteiger partial charge in [-0.05, 0) is 32.9 Å². The van der Waals surface area contributed by atoms with Gasteiger partial charge in [0, 0.05) is 23.0 Å². The lowest BCUT2D eigenvalue weighted by molar-refractivity contribution is -0.144. The van der Waals surface area contributed by atoms with Crippen molar-refractivity contribution in [2.75, 3.05) is 5.73 Å². The first-order valence-electron chi connectivity index (χ1n) is 12.0. The second kappa shape index (κ2) is 11.3. The first-order valence-corrected chi connectivity index (χ1v) is 14.3. The highest BCUT2D eigenvalue weighted by atomic mass is 32.2. The summed E-state index contributed by atoms with van der Waals surface area (Å²) >= 11 is 0.949. The number of nitrogens with zero attached hydrogens (tertiary/aromatic N) is 4. The van der Waals surface area contributed by atoms with Crippen LogP contribution >= 0.6 is 11.3 Å². The number of carbonyl (C=O) groups excluding carboxylic acids is 4. The number of nitrogen functional groups attached to an aromatic ring is 1. The number of nitrogens with one attached hydrogen (secondary N) is 3. The number of hydrogen-bond donors (Lipinski definition) is 7. The molecule has 1 aliphatic heterocycles. The first-order chi connectivity index (χ1) is 20.0. The van der Waals surface area contributed by atoms with E-state index < -0.39 is 63.1 Å². The van der Waals surface area contributed by atoms with Crippen molar-refractivity contribution in [2.45, 2.75) is 38.5 Å². The van der Waals surface area contributed by atoms with Gasteiger partial charge < -0.3 is 26.1 Å². The molecular formula is C23H24N8O10S2. The fourth-order valence-corrected chi connectivity index (χ4v) is 5.16. The zero-order valence-corrected chi connectivity index (χ0v) is 24.1. The molecule has 1 unspecified atom stereocenters. The summed E-state index contributed by atoms with van der Waals surface area (Å²) in [4.78, 5) is 63.9. The van der Waals surface area contributed by atoms with Gasteiger partial charge in [-0.2, -0.15) is 8.42 Å². The van der Waals surface area contributed by atoms with Crippen molar-refractivity contribution in [1.29, 1.82) is 0 Å². The van der Waals surface area contributed by atoms with Gasteiger partial charge in [0.25, 0.3) is 23.6 Å². The molecule has 2 aromatic heterocycles. The number of thiazole rings is 1. The quantitative estimate of drug-likeness (QED) is 0.0523. The average Bonchev–Trinajstić information content (AvgIpc) is 3.35. The number of benzene rings is 1. The molecular weight excluding hydrogens is 612 g/mol. The molecule has 1 aromatic carbocycles. The summed E-state index contributed by atoms with van der Waals surface area (Å²) in [5.74, 6) is -4.62. The number of aromatic hydroxyl groups is 2. The molecule has 1 aliphatic rings. The van der Waals surface area contributed by atoms with Gasteiger partial charge in [0.2, 0.25) is 5.60 Å². The molecule has 0 spiro atoms. The maximum Gasteiger partial charge on any atom is 0.362 e. The van der Waals surface area contributed by atoms with E-state index in [9.17, 15) is 37.8 Å². The maximum atomic E-state index is 13.0. The monoisotopic (exact) mass is 636 g/mol. The van der Waals surface area contributed by atoms with Crippen LogP contribution < -0.4 is 21.9 Å². The molecule has 18 nitrogen and oxygen atoms in total. The van der Waals surface area contributed by atoms with Crippen molar-refractivity contribution in [3.05, 3.63) is 41.0 Å². The number of phenols is 2. The third-order valence-electron chi connectivity index (χ3n) is 6.09. The molecule has 0 bridgehead atoms. The Morgan fingerprint density at radius 1 is 1.16 bits per heavy atom. The molecule has 0 aliphatic carbocycles. The molecule has 43 heavy (non-hydrogen) atoms. The molecule has 4 rings (SSSR count). The van der Waals surface area contributed by atoms with Gasteiger partial charge in [-0.1, -0.05) is 5.16 Å². The van der Waals surface area contributed by atoms with Gasteiger partial charge in [-0.25, -0.2) is 9.29 Å². The Balaban J connectivity index is 1.45. The topological polar surface area (TPSA) is 276 Å². The van der Waals surface area contributed by atoms with E-state index >= 15 is 0 Å². The van der Waals surface area contributed by atoms with Crippen LogP contribution in [0, 0.1) is 0 Å². The maximum absolute atomic E-state index is 13.0. The molecule has 2 atom stereocenters. The van der Waals surface area contributed by atoms with Crippen LogP contribution in [0.3, 0.4) is 0 Å². The smallest absolute Gasteiger partial charge is 0.362 e. The minimum absolute atomic E-state index is 0.00190. The predicted molar refractivity (Wildman–Crippen MR) is 149 cm³/mol. The van der Waals surface area contributed by atoms with Crippen molar-refractivity contribution in [3.8, 4) is 11.5 Å². The Bertz CT molecular complexity index is 1790. The predicted octanol–water partition coefficient (Wildman–Crippen LogP) is -0.836. The highest BCUT2D eigenvalue weighted by Gasteiger charge is 2.51. The summed E-state index contributed by atoms with van der Waals surface area (Å²) in [6, 6.07) is 1.33. The van der Waals surface area contributed by atoms with Crippen LogP contribution in [0.15, 0.2) is 34.9 Å². The van der Waals surface area contributed by atoms with E-state index in [1.54, 1.807) is 0 Å². The van der Waals surface area contributed by atoms with E-state index in [2.05, 4.69) is 31.3 Å². The zero-order chi connectivity index (χ0) is 31.9. The molecule has 0 radical (unpaired) electrons. The summed E-state index contributed by atoms with van der Waals surface area (Å²) in [5, 5.41) is 27.0. The molecule has 3 heterocycles. The van der Waals surface area contributed by atoms with Gasteiger partial charge in [-0.3, -0.25) is 39.6 Å². The number of β-lactam (4-membered cyclic amide) rings is 1. The van der Waals surface area contributed by atoms with Gasteiger partial charge in [-0.15, -0.1) is 11.3 Å². The third-order valence-corrected chi connectivity index (χ3v) is 7.78. The van der Waals surface area contributed by atoms with Crippen LogP contribution in [-0.4, -0.2) is 84.5 Å². The number of fused-ring (bicyclic) bond motifs is 1. The number of rotatable bonds is 8. The van der Waals surface area contributed by atoms with E-state index in [-0.39, 0.29) is 26.4 Å². The largest absolute Gasteiger partial charge is 0.504 e.